The summed E-state index contributed by atoms with van der Waals surface area (Å²) < 4.78 is 15.1. The summed E-state index contributed by atoms with van der Waals surface area (Å²) in [5.74, 6) is -0.246. The number of halogens is 1. The average molecular weight is 220 g/mol. The van der Waals surface area contributed by atoms with E-state index >= 15 is 0 Å². The van der Waals surface area contributed by atoms with E-state index in [9.17, 15) is 4.39 Å². The van der Waals surface area contributed by atoms with Crippen molar-refractivity contribution >= 4 is 5.69 Å². The summed E-state index contributed by atoms with van der Waals surface area (Å²) in [5, 5.41) is 10.7. The quantitative estimate of drug-likeness (QED) is 0.858. The Bertz CT molecular complexity index is 492. The third-order valence-electron chi connectivity index (χ3n) is 2.23. The van der Waals surface area contributed by atoms with Crippen molar-refractivity contribution in [2.45, 2.75) is 13.5 Å². The van der Waals surface area contributed by atoms with Crippen LogP contribution in [0.1, 0.15) is 11.3 Å². The van der Waals surface area contributed by atoms with E-state index in [-0.39, 0.29) is 5.82 Å². The summed E-state index contributed by atoms with van der Waals surface area (Å²) >= 11 is 0. The molecular formula is C11H13FN4. The van der Waals surface area contributed by atoms with Gasteiger partial charge in [-0.05, 0) is 24.6 Å². The topological polar surface area (TPSA) is 42.7 Å². The van der Waals surface area contributed by atoms with Crippen molar-refractivity contribution in [3.05, 3.63) is 41.5 Å². The van der Waals surface area contributed by atoms with Crippen LogP contribution in [0.4, 0.5) is 10.1 Å². The summed E-state index contributed by atoms with van der Waals surface area (Å²) in [6.07, 6.45) is 1.79. The molecule has 84 valence electrons. The van der Waals surface area contributed by atoms with Crippen LogP contribution in [-0.2, 0) is 13.6 Å². The number of hydrogen-bond donors (Lipinski definition) is 1. The molecule has 0 atom stereocenters. The van der Waals surface area contributed by atoms with Crippen LogP contribution in [0.5, 0.6) is 0 Å². The Labute approximate surface area is 93.1 Å². The molecule has 0 saturated heterocycles. The van der Waals surface area contributed by atoms with Gasteiger partial charge >= 0.3 is 0 Å². The van der Waals surface area contributed by atoms with Gasteiger partial charge in [-0.15, -0.1) is 5.10 Å². The molecule has 2 rings (SSSR count). The highest BCUT2D eigenvalue weighted by Gasteiger charge is 2.03. The van der Waals surface area contributed by atoms with Crippen LogP contribution in [-0.4, -0.2) is 15.0 Å². The fraction of sp³-hybridized carbons (Fsp3) is 0.273. The molecule has 0 saturated carbocycles. The number of nitrogens with zero attached hydrogens (tertiary/aromatic N) is 3. The van der Waals surface area contributed by atoms with E-state index in [1.165, 1.54) is 6.07 Å². The predicted molar refractivity (Wildman–Crippen MR) is 59.5 cm³/mol. The second-order valence-electron chi connectivity index (χ2n) is 3.72. The molecular weight excluding hydrogens is 207 g/mol. The van der Waals surface area contributed by atoms with Crippen LogP contribution in [0.2, 0.25) is 0 Å². The molecule has 0 aliphatic heterocycles. The van der Waals surface area contributed by atoms with Crippen LogP contribution in [0, 0.1) is 12.7 Å². The molecule has 0 spiro atoms. The molecule has 0 aliphatic rings. The Kier molecular flexibility index (Phi) is 2.85. The first-order valence-corrected chi connectivity index (χ1v) is 5.00. The zero-order valence-electron chi connectivity index (χ0n) is 9.24. The fourth-order valence-corrected chi connectivity index (χ4v) is 1.43. The third-order valence-corrected chi connectivity index (χ3v) is 2.23. The van der Waals surface area contributed by atoms with Crippen LogP contribution in [0.15, 0.2) is 24.4 Å². The first-order chi connectivity index (χ1) is 7.65. The minimum absolute atomic E-state index is 0.246. The lowest BCUT2D eigenvalue weighted by molar-refractivity contribution is 0.629. The molecule has 1 heterocycles. The monoisotopic (exact) mass is 220 g/mol. The first kappa shape index (κ1) is 10.6. The Morgan fingerprint density at radius 2 is 2.25 bits per heavy atom. The number of anilines is 1. The van der Waals surface area contributed by atoms with E-state index in [1.807, 2.05) is 13.0 Å². The van der Waals surface area contributed by atoms with E-state index in [0.717, 1.165) is 11.3 Å². The molecule has 0 radical (unpaired) electrons. The van der Waals surface area contributed by atoms with Crippen LogP contribution >= 0.6 is 0 Å². The minimum atomic E-state index is -0.246. The van der Waals surface area contributed by atoms with Crippen LogP contribution in [0.3, 0.4) is 0 Å². The van der Waals surface area contributed by atoms with Gasteiger partial charge in [0.25, 0.3) is 0 Å². The van der Waals surface area contributed by atoms with Crippen LogP contribution in [0.25, 0.3) is 0 Å². The SMILES string of the molecule is Cc1ccc(NCc2cn(C)nn2)c(F)c1. The van der Waals surface area contributed by atoms with E-state index in [4.69, 9.17) is 0 Å². The second-order valence-corrected chi connectivity index (χ2v) is 3.72. The smallest absolute Gasteiger partial charge is 0.146 e. The molecule has 1 aromatic heterocycles. The van der Waals surface area contributed by atoms with Gasteiger partial charge in [-0.25, -0.2) is 4.39 Å². The van der Waals surface area contributed by atoms with Gasteiger partial charge in [-0.3, -0.25) is 4.68 Å². The van der Waals surface area contributed by atoms with E-state index in [0.29, 0.717) is 12.2 Å². The summed E-state index contributed by atoms with van der Waals surface area (Å²) in [4.78, 5) is 0. The number of rotatable bonds is 3. The molecule has 1 aromatic carbocycles. The van der Waals surface area contributed by atoms with Gasteiger partial charge in [-0.2, -0.15) is 0 Å². The van der Waals surface area contributed by atoms with E-state index < -0.39 is 0 Å². The minimum Gasteiger partial charge on any atom is -0.377 e. The van der Waals surface area contributed by atoms with Crippen molar-refractivity contribution in [2.75, 3.05) is 5.32 Å². The molecule has 2 aromatic rings. The van der Waals surface area contributed by atoms with Gasteiger partial charge in [0.2, 0.25) is 0 Å². The number of hydrogen-bond acceptors (Lipinski definition) is 3. The maximum atomic E-state index is 13.5. The lowest BCUT2D eigenvalue weighted by atomic mass is 10.2. The summed E-state index contributed by atoms with van der Waals surface area (Å²) in [5.41, 5.74) is 2.17. The van der Waals surface area contributed by atoms with Crippen molar-refractivity contribution in [3.63, 3.8) is 0 Å². The Morgan fingerprint density at radius 1 is 1.44 bits per heavy atom. The molecule has 0 fully saturated rings. The molecule has 4 nitrogen and oxygen atoms in total. The Hall–Kier alpha value is -1.91. The van der Waals surface area contributed by atoms with Crippen molar-refractivity contribution in [1.82, 2.24) is 15.0 Å². The van der Waals surface area contributed by atoms with E-state index in [1.54, 1.807) is 24.0 Å². The Balaban J connectivity index is 2.04. The zero-order chi connectivity index (χ0) is 11.5. The van der Waals surface area contributed by atoms with Gasteiger partial charge in [0.05, 0.1) is 12.2 Å². The highest BCUT2D eigenvalue weighted by atomic mass is 19.1. The molecule has 0 bridgehead atoms. The third kappa shape index (κ3) is 2.36. The highest BCUT2D eigenvalue weighted by Crippen LogP contribution is 2.15. The maximum Gasteiger partial charge on any atom is 0.146 e. The van der Waals surface area contributed by atoms with Crippen molar-refractivity contribution in [3.8, 4) is 0 Å². The predicted octanol–water partition coefficient (Wildman–Crippen LogP) is 1.87. The maximum absolute atomic E-state index is 13.5. The van der Waals surface area contributed by atoms with Gasteiger partial charge < -0.3 is 5.32 Å². The molecule has 1 N–H and O–H groups in total. The summed E-state index contributed by atoms with van der Waals surface area (Å²) in [6, 6.07) is 5.09. The Morgan fingerprint density at radius 3 is 2.88 bits per heavy atom. The van der Waals surface area contributed by atoms with Crippen LogP contribution < -0.4 is 5.32 Å². The average Bonchev–Trinajstić information content (AvgIpc) is 2.63. The first-order valence-electron chi connectivity index (χ1n) is 5.00. The molecule has 16 heavy (non-hydrogen) atoms. The highest BCUT2D eigenvalue weighted by molar-refractivity contribution is 5.46. The van der Waals surface area contributed by atoms with Gasteiger partial charge in [0, 0.05) is 13.2 Å². The lowest BCUT2D eigenvalue weighted by Crippen LogP contribution is -2.01. The number of benzene rings is 1. The normalized spacial score (nSPS) is 10.4. The number of aromatic nitrogens is 3. The van der Waals surface area contributed by atoms with Crippen molar-refractivity contribution in [1.29, 1.82) is 0 Å². The molecule has 5 heteroatoms. The molecule has 0 aliphatic carbocycles. The van der Waals surface area contributed by atoms with Gasteiger partial charge in [0.1, 0.15) is 11.5 Å². The summed E-state index contributed by atoms with van der Waals surface area (Å²) in [6.45, 7) is 2.32. The second kappa shape index (κ2) is 4.30. The standard InChI is InChI=1S/C11H13FN4/c1-8-3-4-11(10(12)5-8)13-6-9-7-16(2)15-14-9/h3-5,7,13H,6H2,1-2H3. The number of nitrogens with one attached hydrogen (secondary N) is 1. The van der Waals surface area contributed by atoms with Crippen molar-refractivity contribution < 1.29 is 4.39 Å². The zero-order valence-corrected chi connectivity index (χ0v) is 9.24. The number of aryl methyl sites for hydroxylation is 2. The van der Waals surface area contributed by atoms with Crippen molar-refractivity contribution in [2.24, 2.45) is 7.05 Å². The fourth-order valence-electron chi connectivity index (χ4n) is 1.43. The lowest BCUT2D eigenvalue weighted by Gasteiger charge is -2.05. The van der Waals surface area contributed by atoms with E-state index in [2.05, 4.69) is 15.6 Å². The molecule has 0 unspecified atom stereocenters. The largest absolute Gasteiger partial charge is 0.377 e. The van der Waals surface area contributed by atoms with Gasteiger partial charge in [-0.1, -0.05) is 11.3 Å². The summed E-state index contributed by atoms with van der Waals surface area (Å²) in [7, 11) is 1.79. The van der Waals surface area contributed by atoms with Gasteiger partial charge in [0.15, 0.2) is 0 Å². The molecule has 0 amide bonds.